The number of amides is 1. The third-order valence-electron chi connectivity index (χ3n) is 3.50. The standard InChI is InChI=1S/C18H16IN3O/c1-13-5-7-14(8-6-13)12-22-17(9-10-20-22)21-18(23)15-3-2-4-16(19)11-15/h2-11H,12H2,1H3,(H,21,23). The molecule has 1 amide bonds. The number of aryl methyl sites for hydroxylation is 1. The molecule has 0 aliphatic heterocycles. The van der Waals surface area contributed by atoms with Gasteiger partial charge in [0.15, 0.2) is 0 Å². The molecule has 0 unspecified atom stereocenters. The van der Waals surface area contributed by atoms with Crippen molar-refractivity contribution >= 4 is 34.3 Å². The van der Waals surface area contributed by atoms with Crippen molar-refractivity contribution in [1.82, 2.24) is 9.78 Å². The SMILES string of the molecule is Cc1ccc(Cn2nccc2NC(=O)c2cccc(I)c2)cc1. The molecule has 0 aliphatic carbocycles. The Morgan fingerprint density at radius 2 is 1.96 bits per heavy atom. The van der Waals surface area contributed by atoms with Crippen molar-refractivity contribution in [3.8, 4) is 0 Å². The third-order valence-corrected chi connectivity index (χ3v) is 4.17. The van der Waals surface area contributed by atoms with Crippen LogP contribution in [0.5, 0.6) is 0 Å². The van der Waals surface area contributed by atoms with E-state index < -0.39 is 0 Å². The Morgan fingerprint density at radius 1 is 1.17 bits per heavy atom. The average Bonchev–Trinajstić information content (AvgIpc) is 2.96. The molecule has 0 spiro atoms. The molecule has 3 aromatic rings. The van der Waals surface area contributed by atoms with Crippen LogP contribution in [0.15, 0.2) is 60.8 Å². The van der Waals surface area contributed by atoms with Gasteiger partial charge in [-0.3, -0.25) is 4.79 Å². The molecule has 0 bridgehead atoms. The van der Waals surface area contributed by atoms with Crippen LogP contribution in [-0.4, -0.2) is 15.7 Å². The lowest BCUT2D eigenvalue weighted by molar-refractivity contribution is 0.102. The Hall–Kier alpha value is -2.15. The van der Waals surface area contributed by atoms with E-state index in [4.69, 9.17) is 0 Å². The second-order valence-electron chi connectivity index (χ2n) is 5.32. The molecule has 116 valence electrons. The highest BCUT2D eigenvalue weighted by molar-refractivity contribution is 14.1. The molecule has 0 saturated heterocycles. The monoisotopic (exact) mass is 417 g/mol. The van der Waals surface area contributed by atoms with Crippen molar-refractivity contribution in [2.45, 2.75) is 13.5 Å². The molecule has 3 rings (SSSR count). The number of hydrogen-bond acceptors (Lipinski definition) is 2. The first-order valence-electron chi connectivity index (χ1n) is 7.26. The second-order valence-corrected chi connectivity index (χ2v) is 6.57. The summed E-state index contributed by atoms with van der Waals surface area (Å²) in [7, 11) is 0. The maximum atomic E-state index is 12.4. The van der Waals surface area contributed by atoms with Gasteiger partial charge in [0, 0.05) is 15.2 Å². The first-order valence-corrected chi connectivity index (χ1v) is 8.34. The van der Waals surface area contributed by atoms with E-state index in [0.717, 1.165) is 9.13 Å². The maximum Gasteiger partial charge on any atom is 0.256 e. The predicted molar refractivity (Wildman–Crippen MR) is 99.6 cm³/mol. The number of benzene rings is 2. The lowest BCUT2D eigenvalue weighted by Crippen LogP contribution is -2.16. The molecule has 4 nitrogen and oxygen atoms in total. The summed E-state index contributed by atoms with van der Waals surface area (Å²) in [5, 5.41) is 7.22. The van der Waals surface area contributed by atoms with Crippen LogP contribution >= 0.6 is 22.6 Å². The Kier molecular flexibility index (Phi) is 4.76. The topological polar surface area (TPSA) is 46.9 Å². The van der Waals surface area contributed by atoms with Crippen LogP contribution in [0.3, 0.4) is 0 Å². The molecule has 0 radical (unpaired) electrons. The van der Waals surface area contributed by atoms with Crippen molar-refractivity contribution in [2.75, 3.05) is 5.32 Å². The van der Waals surface area contributed by atoms with Gasteiger partial charge in [0.2, 0.25) is 0 Å². The number of carbonyl (C=O) groups is 1. The molecule has 5 heteroatoms. The van der Waals surface area contributed by atoms with Crippen LogP contribution in [-0.2, 0) is 6.54 Å². The van der Waals surface area contributed by atoms with Crippen molar-refractivity contribution in [1.29, 1.82) is 0 Å². The first kappa shape index (κ1) is 15.7. The van der Waals surface area contributed by atoms with Gasteiger partial charge in [-0.05, 0) is 53.3 Å². The van der Waals surface area contributed by atoms with E-state index in [-0.39, 0.29) is 5.91 Å². The number of nitrogens with one attached hydrogen (secondary N) is 1. The fourth-order valence-corrected chi connectivity index (χ4v) is 2.79. The summed E-state index contributed by atoms with van der Waals surface area (Å²) >= 11 is 2.20. The highest BCUT2D eigenvalue weighted by Crippen LogP contribution is 2.14. The van der Waals surface area contributed by atoms with Crippen molar-refractivity contribution < 1.29 is 4.79 Å². The largest absolute Gasteiger partial charge is 0.307 e. The van der Waals surface area contributed by atoms with Crippen LogP contribution in [0.1, 0.15) is 21.5 Å². The lowest BCUT2D eigenvalue weighted by atomic mass is 10.1. The number of nitrogens with zero attached hydrogens (tertiary/aromatic N) is 2. The highest BCUT2D eigenvalue weighted by Gasteiger charge is 2.10. The summed E-state index contributed by atoms with van der Waals surface area (Å²) in [5.74, 6) is 0.559. The van der Waals surface area contributed by atoms with Gasteiger partial charge >= 0.3 is 0 Å². The smallest absolute Gasteiger partial charge is 0.256 e. The van der Waals surface area contributed by atoms with E-state index in [1.165, 1.54) is 5.56 Å². The minimum atomic E-state index is -0.130. The highest BCUT2D eigenvalue weighted by atomic mass is 127. The minimum Gasteiger partial charge on any atom is -0.307 e. The molecule has 23 heavy (non-hydrogen) atoms. The number of halogens is 1. The van der Waals surface area contributed by atoms with E-state index in [9.17, 15) is 4.79 Å². The molecule has 0 fully saturated rings. The van der Waals surface area contributed by atoms with Crippen LogP contribution in [0.25, 0.3) is 0 Å². The fraction of sp³-hybridized carbons (Fsp3) is 0.111. The summed E-state index contributed by atoms with van der Waals surface area (Å²) in [5.41, 5.74) is 3.01. The number of aromatic nitrogens is 2. The number of hydrogen-bond donors (Lipinski definition) is 1. The van der Waals surface area contributed by atoms with Gasteiger partial charge in [0.25, 0.3) is 5.91 Å². The number of rotatable bonds is 4. The van der Waals surface area contributed by atoms with E-state index >= 15 is 0 Å². The van der Waals surface area contributed by atoms with E-state index in [2.05, 4.69) is 64.2 Å². The van der Waals surface area contributed by atoms with Crippen molar-refractivity contribution in [3.05, 3.63) is 81.1 Å². The first-order chi connectivity index (χ1) is 11.1. The quantitative estimate of drug-likeness (QED) is 0.650. The summed E-state index contributed by atoms with van der Waals surface area (Å²) in [6.45, 7) is 2.68. The van der Waals surface area contributed by atoms with Gasteiger partial charge in [0.1, 0.15) is 5.82 Å². The number of anilines is 1. The molecule has 0 atom stereocenters. The predicted octanol–water partition coefficient (Wildman–Crippen LogP) is 4.10. The van der Waals surface area contributed by atoms with Crippen molar-refractivity contribution in [2.24, 2.45) is 0 Å². The Balaban J connectivity index is 1.75. The van der Waals surface area contributed by atoms with Crippen LogP contribution in [0.4, 0.5) is 5.82 Å². The van der Waals surface area contributed by atoms with Crippen LogP contribution in [0, 0.1) is 10.5 Å². The fourth-order valence-electron chi connectivity index (χ4n) is 2.25. The van der Waals surface area contributed by atoms with Crippen LogP contribution < -0.4 is 5.32 Å². The Bertz CT molecular complexity index is 824. The van der Waals surface area contributed by atoms with Crippen molar-refractivity contribution in [3.63, 3.8) is 0 Å². The number of carbonyl (C=O) groups excluding carboxylic acids is 1. The lowest BCUT2D eigenvalue weighted by Gasteiger charge is -2.09. The molecule has 1 heterocycles. The van der Waals surface area contributed by atoms with Gasteiger partial charge < -0.3 is 5.32 Å². The summed E-state index contributed by atoms with van der Waals surface area (Å²) in [4.78, 5) is 12.4. The molecule has 1 aromatic heterocycles. The third kappa shape index (κ3) is 3.98. The molecule has 1 N–H and O–H groups in total. The molecular weight excluding hydrogens is 401 g/mol. The zero-order valence-corrected chi connectivity index (χ0v) is 14.8. The zero-order valence-electron chi connectivity index (χ0n) is 12.7. The maximum absolute atomic E-state index is 12.4. The van der Waals surface area contributed by atoms with Gasteiger partial charge in [0.05, 0.1) is 12.7 Å². The van der Waals surface area contributed by atoms with E-state index in [1.54, 1.807) is 23.0 Å². The molecule has 0 saturated carbocycles. The second kappa shape index (κ2) is 6.95. The Morgan fingerprint density at radius 3 is 2.70 bits per heavy atom. The van der Waals surface area contributed by atoms with E-state index in [1.807, 2.05) is 18.2 Å². The molecule has 2 aromatic carbocycles. The average molecular weight is 417 g/mol. The van der Waals surface area contributed by atoms with Gasteiger partial charge in [-0.15, -0.1) is 0 Å². The Labute approximate surface area is 148 Å². The zero-order chi connectivity index (χ0) is 16.2. The van der Waals surface area contributed by atoms with Gasteiger partial charge in [-0.25, -0.2) is 4.68 Å². The van der Waals surface area contributed by atoms with Gasteiger partial charge in [-0.1, -0.05) is 35.9 Å². The summed E-state index contributed by atoms with van der Waals surface area (Å²) in [6, 6.07) is 17.6. The molecule has 0 aliphatic rings. The van der Waals surface area contributed by atoms with Crippen LogP contribution in [0.2, 0.25) is 0 Å². The van der Waals surface area contributed by atoms with E-state index in [0.29, 0.717) is 17.9 Å². The summed E-state index contributed by atoms with van der Waals surface area (Å²) in [6.07, 6.45) is 1.69. The molecular formula is C18H16IN3O. The summed E-state index contributed by atoms with van der Waals surface area (Å²) < 4.78 is 2.82. The minimum absolute atomic E-state index is 0.130. The van der Waals surface area contributed by atoms with Gasteiger partial charge in [-0.2, -0.15) is 5.10 Å². The normalized spacial score (nSPS) is 10.5.